The lowest BCUT2D eigenvalue weighted by Gasteiger charge is -2.25. The lowest BCUT2D eigenvalue weighted by molar-refractivity contribution is -0.388. The Hall–Kier alpha value is -1.91. The van der Waals surface area contributed by atoms with Crippen LogP contribution in [0.15, 0.2) is 39.3 Å². The van der Waals surface area contributed by atoms with E-state index in [1.165, 1.54) is 16.4 Å². The van der Waals surface area contributed by atoms with Gasteiger partial charge in [-0.2, -0.15) is 4.31 Å². The Morgan fingerprint density at radius 1 is 1.31 bits per heavy atom. The highest BCUT2D eigenvalue weighted by molar-refractivity contribution is 7.99. The molecule has 1 saturated heterocycles. The number of aryl methyl sites for hydroxylation is 1. The quantitative estimate of drug-likeness (QED) is 0.593. The minimum atomic E-state index is -3.71. The zero-order chi connectivity index (χ0) is 18.7. The molecule has 0 radical (unpaired) electrons. The number of hydrogen-bond donors (Lipinski definition) is 1. The van der Waals surface area contributed by atoms with Gasteiger partial charge in [-0.3, -0.25) is 10.1 Å². The van der Waals surface area contributed by atoms with Gasteiger partial charge in [-0.05, 0) is 43.2 Å². The first kappa shape index (κ1) is 18.9. The highest BCUT2D eigenvalue weighted by Gasteiger charge is 2.28. The van der Waals surface area contributed by atoms with Crippen LogP contribution in [-0.2, 0) is 16.4 Å². The van der Waals surface area contributed by atoms with E-state index in [0.29, 0.717) is 23.1 Å². The summed E-state index contributed by atoms with van der Waals surface area (Å²) < 4.78 is 26.9. The Bertz CT molecular complexity index is 905. The number of rotatable bonds is 6. The highest BCUT2D eigenvalue weighted by Crippen LogP contribution is 2.35. The van der Waals surface area contributed by atoms with Gasteiger partial charge in [-0.15, -0.1) is 0 Å². The van der Waals surface area contributed by atoms with Crippen molar-refractivity contribution in [1.29, 1.82) is 0 Å². The monoisotopic (exact) mass is 396 g/mol. The van der Waals surface area contributed by atoms with E-state index in [4.69, 9.17) is 0 Å². The van der Waals surface area contributed by atoms with Crippen LogP contribution in [0.2, 0.25) is 0 Å². The summed E-state index contributed by atoms with van der Waals surface area (Å²) >= 11 is 1.12. The van der Waals surface area contributed by atoms with E-state index in [0.717, 1.165) is 49.2 Å². The smallest absolute Gasteiger partial charge is 0.284 e. The predicted octanol–water partition coefficient (Wildman–Crippen LogP) is 3.21. The standard InChI is InChI=1S/C16H20N4O4S2/c1-2-12-11-17-16(18-12)25-15-7-6-13(10-14(15)20(21)22)26(23,24)19-8-4-3-5-9-19/h6-7,10-11H,2-5,8-9H2,1H3,(H,17,18). The van der Waals surface area contributed by atoms with Crippen LogP contribution in [0.1, 0.15) is 31.9 Å². The molecule has 10 heteroatoms. The summed E-state index contributed by atoms with van der Waals surface area (Å²) in [4.78, 5) is 18.5. The molecule has 1 aromatic heterocycles. The van der Waals surface area contributed by atoms with E-state index >= 15 is 0 Å². The third kappa shape index (κ3) is 3.92. The van der Waals surface area contributed by atoms with Gasteiger partial charge in [0.15, 0.2) is 5.16 Å². The molecule has 0 atom stereocenters. The van der Waals surface area contributed by atoms with Crippen LogP contribution >= 0.6 is 11.8 Å². The number of nitro groups is 1. The van der Waals surface area contributed by atoms with Crippen LogP contribution in [0.3, 0.4) is 0 Å². The van der Waals surface area contributed by atoms with Crippen molar-refractivity contribution in [2.75, 3.05) is 13.1 Å². The molecule has 1 fully saturated rings. The van der Waals surface area contributed by atoms with Crippen molar-refractivity contribution in [2.24, 2.45) is 0 Å². The van der Waals surface area contributed by atoms with Crippen molar-refractivity contribution in [3.8, 4) is 0 Å². The summed E-state index contributed by atoms with van der Waals surface area (Å²) in [5, 5.41) is 12.0. The van der Waals surface area contributed by atoms with Gasteiger partial charge in [0.25, 0.3) is 5.69 Å². The molecule has 26 heavy (non-hydrogen) atoms. The first-order valence-corrected chi connectivity index (χ1v) is 10.7. The maximum absolute atomic E-state index is 12.8. The molecular formula is C16H20N4O4S2. The number of nitrogens with one attached hydrogen (secondary N) is 1. The zero-order valence-electron chi connectivity index (χ0n) is 14.3. The van der Waals surface area contributed by atoms with Gasteiger partial charge in [0.05, 0.1) is 14.7 Å². The molecule has 2 aromatic rings. The first-order valence-electron chi connectivity index (χ1n) is 8.42. The van der Waals surface area contributed by atoms with Gasteiger partial charge in [-0.25, -0.2) is 13.4 Å². The molecule has 0 saturated carbocycles. The molecule has 0 amide bonds. The lowest BCUT2D eigenvalue weighted by Crippen LogP contribution is -2.35. The van der Waals surface area contributed by atoms with Gasteiger partial charge in [0, 0.05) is 31.0 Å². The van der Waals surface area contributed by atoms with Crippen molar-refractivity contribution >= 4 is 27.5 Å². The third-order valence-electron chi connectivity index (χ3n) is 4.27. The number of H-pyrrole nitrogens is 1. The molecule has 8 nitrogen and oxygen atoms in total. The molecular weight excluding hydrogens is 376 g/mol. The van der Waals surface area contributed by atoms with Crippen molar-refractivity contribution in [2.45, 2.75) is 47.6 Å². The number of sulfonamides is 1. The van der Waals surface area contributed by atoms with Crippen molar-refractivity contribution in [3.05, 3.63) is 40.2 Å². The highest BCUT2D eigenvalue weighted by atomic mass is 32.2. The normalized spacial score (nSPS) is 15.9. The SMILES string of the molecule is CCc1cnc(Sc2ccc(S(=O)(=O)N3CCCCC3)cc2[N+](=O)[O-])[nH]1. The second-order valence-electron chi connectivity index (χ2n) is 6.02. The van der Waals surface area contributed by atoms with Crippen molar-refractivity contribution in [3.63, 3.8) is 0 Å². The van der Waals surface area contributed by atoms with Crippen LogP contribution in [-0.4, -0.2) is 40.7 Å². The topological polar surface area (TPSA) is 109 Å². The van der Waals surface area contributed by atoms with Crippen LogP contribution < -0.4 is 0 Å². The van der Waals surface area contributed by atoms with Crippen LogP contribution in [0.25, 0.3) is 0 Å². The molecule has 0 unspecified atom stereocenters. The Labute approximate surface area is 156 Å². The average molecular weight is 396 g/mol. The largest absolute Gasteiger partial charge is 0.337 e. The van der Waals surface area contributed by atoms with E-state index in [9.17, 15) is 18.5 Å². The maximum atomic E-state index is 12.8. The Morgan fingerprint density at radius 3 is 2.65 bits per heavy atom. The maximum Gasteiger partial charge on any atom is 0.284 e. The average Bonchev–Trinajstić information content (AvgIpc) is 3.10. The first-order chi connectivity index (χ1) is 12.4. The fraction of sp³-hybridized carbons (Fsp3) is 0.438. The van der Waals surface area contributed by atoms with E-state index in [2.05, 4.69) is 9.97 Å². The van der Waals surface area contributed by atoms with Gasteiger partial charge in [0.2, 0.25) is 10.0 Å². The van der Waals surface area contributed by atoms with Crippen LogP contribution in [0, 0.1) is 10.1 Å². The minimum Gasteiger partial charge on any atom is -0.337 e. The number of imidazole rings is 1. The molecule has 1 N–H and O–H groups in total. The second-order valence-corrected chi connectivity index (χ2v) is 8.99. The summed E-state index contributed by atoms with van der Waals surface area (Å²) in [5.41, 5.74) is 0.696. The number of aromatic amines is 1. The molecule has 3 rings (SSSR count). The van der Waals surface area contributed by atoms with Crippen LogP contribution in [0.5, 0.6) is 0 Å². The number of piperidine rings is 1. The molecule has 140 valence electrons. The summed E-state index contributed by atoms with van der Waals surface area (Å²) in [5.74, 6) is 0. The third-order valence-corrected chi connectivity index (χ3v) is 7.13. The van der Waals surface area contributed by atoms with Gasteiger partial charge in [-0.1, -0.05) is 13.3 Å². The summed E-state index contributed by atoms with van der Waals surface area (Å²) in [6.45, 7) is 2.89. The van der Waals surface area contributed by atoms with Crippen molar-refractivity contribution in [1.82, 2.24) is 14.3 Å². The van der Waals surface area contributed by atoms with Crippen LogP contribution in [0.4, 0.5) is 5.69 Å². The molecule has 1 aromatic carbocycles. The van der Waals surface area contributed by atoms with E-state index in [1.807, 2.05) is 6.92 Å². The second kappa shape index (κ2) is 7.77. The molecule has 0 spiro atoms. The number of hydrogen-bond acceptors (Lipinski definition) is 6. The van der Waals surface area contributed by atoms with E-state index < -0.39 is 14.9 Å². The Balaban J connectivity index is 1.92. The number of nitro benzene ring substituents is 1. The molecule has 0 aliphatic carbocycles. The summed E-state index contributed by atoms with van der Waals surface area (Å²) in [6, 6.07) is 4.06. The number of benzene rings is 1. The van der Waals surface area contributed by atoms with Gasteiger partial charge in [0.1, 0.15) is 0 Å². The van der Waals surface area contributed by atoms with Gasteiger partial charge < -0.3 is 4.98 Å². The number of aromatic nitrogens is 2. The summed E-state index contributed by atoms with van der Waals surface area (Å²) in [6.07, 6.45) is 5.09. The fourth-order valence-corrected chi connectivity index (χ4v) is 5.22. The lowest BCUT2D eigenvalue weighted by atomic mass is 10.2. The molecule has 0 bridgehead atoms. The van der Waals surface area contributed by atoms with E-state index in [-0.39, 0.29) is 10.6 Å². The zero-order valence-corrected chi connectivity index (χ0v) is 16.0. The molecule has 1 aliphatic heterocycles. The predicted molar refractivity (Wildman–Crippen MR) is 97.8 cm³/mol. The van der Waals surface area contributed by atoms with Crippen molar-refractivity contribution < 1.29 is 13.3 Å². The summed E-state index contributed by atoms with van der Waals surface area (Å²) in [7, 11) is -3.71. The number of nitrogens with zero attached hydrogens (tertiary/aromatic N) is 3. The molecule has 1 aliphatic rings. The molecule has 2 heterocycles. The Morgan fingerprint density at radius 2 is 2.04 bits per heavy atom. The van der Waals surface area contributed by atoms with Gasteiger partial charge >= 0.3 is 0 Å². The minimum absolute atomic E-state index is 0.0378. The Kier molecular flexibility index (Phi) is 5.64. The van der Waals surface area contributed by atoms with E-state index in [1.54, 1.807) is 6.20 Å². The fourth-order valence-electron chi connectivity index (χ4n) is 2.82.